The summed E-state index contributed by atoms with van der Waals surface area (Å²) in [6, 6.07) is 9.56. The van der Waals surface area contributed by atoms with Gasteiger partial charge >= 0.3 is 0 Å². The Labute approximate surface area is 171 Å². The Balaban J connectivity index is 1.23. The molecular weight excluding hydrogens is 384 g/mol. The van der Waals surface area contributed by atoms with E-state index in [1.165, 1.54) is 18.3 Å². The minimum absolute atomic E-state index is 0.0515. The molecule has 2 amide bonds. The van der Waals surface area contributed by atoms with Crippen LogP contribution in [-0.4, -0.2) is 29.0 Å². The Kier molecular flexibility index (Phi) is 3.35. The lowest BCUT2D eigenvalue weighted by atomic mass is 9.85. The van der Waals surface area contributed by atoms with Crippen molar-refractivity contribution in [1.29, 1.82) is 0 Å². The number of hydrogen-bond donors (Lipinski definition) is 0. The molecule has 2 saturated carbocycles. The van der Waals surface area contributed by atoms with E-state index >= 15 is 0 Å². The zero-order valence-corrected chi connectivity index (χ0v) is 15.9. The van der Waals surface area contributed by atoms with Crippen molar-refractivity contribution in [3.63, 3.8) is 0 Å². The molecule has 1 aliphatic heterocycles. The summed E-state index contributed by atoms with van der Waals surface area (Å²) in [4.78, 5) is 36.9. The minimum Gasteiger partial charge on any atom is -0.545 e. The number of carboxylic acid groups (broad SMARTS) is 1. The lowest BCUT2D eigenvalue weighted by molar-refractivity contribution is -0.255. The number of carbonyl (C=O) groups excluding carboxylic acids is 3. The molecule has 1 saturated heterocycles. The third-order valence-corrected chi connectivity index (χ3v) is 7.14. The second-order valence-corrected chi connectivity index (χ2v) is 8.52. The maximum atomic E-state index is 12.9. The highest BCUT2D eigenvalue weighted by molar-refractivity contribution is 6.07. The van der Waals surface area contributed by atoms with Gasteiger partial charge in [-0.2, -0.15) is 10.1 Å². The van der Waals surface area contributed by atoms with Crippen LogP contribution in [0.15, 0.2) is 58.1 Å². The lowest BCUT2D eigenvalue weighted by Gasteiger charge is -2.18. The molecule has 0 N–H and O–H groups in total. The number of rotatable bonds is 4. The van der Waals surface area contributed by atoms with Crippen LogP contribution >= 0.6 is 0 Å². The number of hydrazone groups is 1. The maximum absolute atomic E-state index is 12.9. The van der Waals surface area contributed by atoms with Gasteiger partial charge in [0.2, 0.25) is 0 Å². The van der Waals surface area contributed by atoms with Crippen LogP contribution in [0.2, 0.25) is 0 Å². The van der Waals surface area contributed by atoms with E-state index in [1.54, 1.807) is 24.3 Å². The molecule has 30 heavy (non-hydrogen) atoms. The normalized spacial score (nSPS) is 30.1. The average Bonchev–Trinajstić information content (AvgIpc) is 3.03. The highest BCUT2D eigenvalue weighted by atomic mass is 16.4. The molecule has 0 radical (unpaired) electrons. The number of fused-ring (bicyclic) bond motifs is 3. The number of amides is 2. The Morgan fingerprint density at radius 1 is 1.10 bits per heavy atom. The fourth-order valence-corrected chi connectivity index (χ4v) is 5.67. The minimum atomic E-state index is -1.27. The molecule has 0 unspecified atom stereocenters. The SMILES string of the molecule is O=C([O-])c1cccc(-c2ccc(/C=N\N3C(=O)[C@@H]4[C@@H](C3=O)[C@@H]3C=C[C@H]4C34CC4)o2)c1. The van der Waals surface area contributed by atoms with E-state index in [0.29, 0.717) is 17.1 Å². The Morgan fingerprint density at radius 3 is 2.43 bits per heavy atom. The number of imide groups is 1. The summed E-state index contributed by atoms with van der Waals surface area (Å²) in [5, 5.41) is 16.2. The maximum Gasteiger partial charge on any atom is 0.254 e. The zero-order valence-electron chi connectivity index (χ0n) is 15.9. The quantitative estimate of drug-likeness (QED) is 0.442. The molecule has 1 aromatic heterocycles. The van der Waals surface area contributed by atoms with Crippen LogP contribution in [0.1, 0.15) is 29.0 Å². The highest BCUT2D eigenvalue weighted by Gasteiger charge is 2.73. The summed E-state index contributed by atoms with van der Waals surface area (Å²) in [6.45, 7) is 0. The third-order valence-electron chi connectivity index (χ3n) is 7.14. The van der Waals surface area contributed by atoms with Crippen molar-refractivity contribution >= 4 is 24.0 Å². The van der Waals surface area contributed by atoms with Gasteiger partial charge in [-0.25, -0.2) is 0 Å². The van der Waals surface area contributed by atoms with Crippen molar-refractivity contribution in [3.8, 4) is 11.3 Å². The fourth-order valence-electron chi connectivity index (χ4n) is 5.67. The summed E-state index contributed by atoms with van der Waals surface area (Å²) in [6.07, 6.45) is 7.79. The molecule has 3 fully saturated rings. The van der Waals surface area contributed by atoms with Gasteiger partial charge in [-0.1, -0.05) is 30.4 Å². The number of allylic oxidation sites excluding steroid dienone is 2. The topological polar surface area (TPSA) is 103 Å². The van der Waals surface area contributed by atoms with Crippen molar-refractivity contribution in [2.24, 2.45) is 34.2 Å². The second-order valence-electron chi connectivity index (χ2n) is 8.52. The molecule has 6 rings (SSSR count). The van der Waals surface area contributed by atoms with Gasteiger partial charge in [-0.3, -0.25) is 9.59 Å². The molecule has 150 valence electrons. The van der Waals surface area contributed by atoms with Crippen molar-refractivity contribution < 1.29 is 23.9 Å². The van der Waals surface area contributed by atoms with E-state index in [-0.39, 0.29) is 46.5 Å². The summed E-state index contributed by atoms with van der Waals surface area (Å²) in [5.74, 6) is -1.15. The zero-order chi connectivity index (χ0) is 20.6. The molecule has 4 atom stereocenters. The average molecular weight is 401 g/mol. The first-order chi connectivity index (χ1) is 14.5. The first-order valence-electron chi connectivity index (χ1n) is 10.0. The smallest absolute Gasteiger partial charge is 0.254 e. The van der Waals surface area contributed by atoms with Crippen LogP contribution in [0.4, 0.5) is 0 Å². The lowest BCUT2D eigenvalue weighted by Crippen LogP contribution is -2.30. The number of aromatic carboxylic acids is 1. The first kappa shape index (κ1) is 17.4. The molecule has 3 aliphatic carbocycles. The molecule has 2 heterocycles. The number of carbonyl (C=O) groups is 3. The van der Waals surface area contributed by atoms with Gasteiger partial charge in [0.25, 0.3) is 11.8 Å². The number of benzene rings is 1. The summed E-state index contributed by atoms with van der Waals surface area (Å²) < 4.78 is 5.70. The number of furan rings is 1. The molecule has 7 nitrogen and oxygen atoms in total. The molecule has 2 bridgehead atoms. The van der Waals surface area contributed by atoms with Crippen LogP contribution in [0, 0.1) is 29.1 Å². The van der Waals surface area contributed by atoms with Crippen molar-refractivity contribution in [1.82, 2.24) is 5.01 Å². The summed E-state index contributed by atoms with van der Waals surface area (Å²) in [7, 11) is 0. The predicted octanol–water partition coefficient (Wildman–Crippen LogP) is 1.84. The van der Waals surface area contributed by atoms with E-state index in [0.717, 1.165) is 17.9 Å². The van der Waals surface area contributed by atoms with Crippen LogP contribution in [0.25, 0.3) is 11.3 Å². The molecule has 1 aromatic carbocycles. The van der Waals surface area contributed by atoms with Crippen molar-refractivity contribution in [3.05, 3.63) is 59.9 Å². The highest BCUT2D eigenvalue weighted by Crippen LogP contribution is 2.73. The molecule has 1 spiro atoms. The molecule has 4 aliphatic rings. The van der Waals surface area contributed by atoms with Gasteiger partial charge < -0.3 is 14.3 Å². The Hall–Kier alpha value is -3.48. The standard InChI is InChI=1S/C23H18N2O5/c26-20-18-15-5-6-16(23(15)8-9-23)19(18)21(27)25(20)24-11-14-4-7-17(30-14)12-2-1-3-13(10-12)22(28)29/h1-7,10-11,15-16,18-19H,8-9H2,(H,28,29)/p-1/b24-11-/t15-,16+,18-,19-/m0/s1. The van der Waals surface area contributed by atoms with E-state index in [2.05, 4.69) is 17.3 Å². The predicted molar refractivity (Wildman–Crippen MR) is 103 cm³/mol. The van der Waals surface area contributed by atoms with Gasteiger partial charge in [0.15, 0.2) is 0 Å². The summed E-state index contributed by atoms with van der Waals surface area (Å²) in [5.41, 5.74) is 0.791. The van der Waals surface area contributed by atoms with Crippen molar-refractivity contribution in [2.75, 3.05) is 0 Å². The second kappa shape index (κ2) is 5.78. The summed E-state index contributed by atoms with van der Waals surface area (Å²) >= 11 is 0. The van der Waals surface area contributed by atoms with E-state index in [4.69, 9.17) is 4.42 Å². The van der Waals surface area contributed by atoms with E-state index in [1.807, 2.05) is 0 Å². The monoisotopic (exact) mass is 401 g/mol. The van der Waals surface area contributed by atoms with E-state index in [9.17, 15) is 19.5 Å². The van der Waals surface area contributed by atoms with Crippen LogP contribution in [0.5, 0.6) is 0 Å². The van der Waals surface area contributed by atoms with Gasteiger partial charge in [0.05, 0.1) is 24.0 Å². The van der Waals surface area contributed by atoms with Gasteiger partial charge in [-0.05, 0) is 53.9 Å². The van der Waals surface area contributed by atoms with Gasteiger partial charge in [0, 0.05) is 5.56 Å². The van der Waals surface area contributed by atoms with E-state index < -0.39 is 5.97 Å². The Bertz CT molecular complexity index is 1140. The molecule has 7 heteroatoms. The van der Waals surface area contributed by atoms with Crippen molar-refractivity contribution in [2.45, 2.75) is 12.8 Å². The first-order valence-corrected chi connectivity index (χ1v) is 10.0. The number of carboxylic acids is 1. The van der Waals surface area contributed by atoms with Crippen LogP contribution < -0.4 is 5.11 Å². The van der Waals surface area contributed by atoms with Crippen LogP contribution in [0.3, 0.4) is 0 Å². The number of hydrogen-bond acceptors (Lipinski definition) is 6. The third kappa shape index (κ3) is 2.20. The Morgan fingerprint density at radius 2 is 1.80 bits per heavy atom. The van der Waals surface area contributed by atoms with Gasteiger partial charge in [-0.15, -0.1) is 0 Å². The fraction of sp³-hybridized carbons (Fsp3) is 0.304. The largest absolute Gasteiger partial charge is 0.545 e. The number of nitrogens with zero attached hydrogens (tertiary/aromatic N) is 2. The van der Waals surface area contributed by atoms with Gasteiger partial charge in [0.1, 0.15) is 11.5 Å². The van der Waals surface area contributed by atoms with Crippen LogP contribution in [-0.2, 0) is 9.59 Å². The molecule has 2 aromatic rings. The molecular formula is C23H17N2O5-.